The van der Waals surface area contributed by atoms with Crippen LogP contribution >= 0.6 is 0 Å². The second-order valence-electron chi connectivity index (χ2n) is 4.41. The van der Waals surface area contributed by atoms with E-state index in [2.05, 4.69) is 13.8 Å². The summed E-state index contributed by atoms with van der Waals surface area (Å²) in [6, 6.07) is 7.80. The van der Waals surface area contributed by atoms with E-state index in [9.17, 15) is 0 Å². The Balaban J connectivity index is 2.98. The maximum Gasteiger partial charge on any atom is 0.123 e. The van der Waals surface area contributed by atoms with Crippen LogP contribution < -0.4 is 16.2 Å². The van der Waals surface area contributed by atoms with Crippen molar-refractivity contribution < 1.29 is 4.74 Å². The maximum absolute atomic E-state index is 6.27. The van der Waals surface area contributed by atoms with Crippen molar-refractivity contribution in [3.8, 4) is 5.75 Å². The van der Waals surface area contributed by atoms with Crippen molar-refractivity contribution in [2.24, 2.45) is 23.3 Å². The van der Waals surface area contributed by atoms with E-state index in [-0.39, 0.29) is 12.0 Å². The number of nitrogens with two attached hydrogens (primary N) is 2. The Morgan fingerprint density at radius 3 is 2.38 bits per heavy atom. The van der Waals surface area contributed by atoms with Gasteiger partial charge in [0.15, 0.2) is 0 Å². The molecular weight excluding hydrogens is 200 g/mol. The van der Waals surface area contributed by atoms with Crippen LogP contribution in [0, 0.1) is 11.8 Å². The molecule has 1 aromatic carbocycles. The zero-order valence-corrected chi connectivity index (χ0v) is 10.3. The molecule has 4 N–H and O–H groups in total. The number of methoxy groups -OCH3 is 1. The first-order valence-electron chi connectivity index (χ1n) is 5.70. The first kappa shape index (κ1) is 13.0. The summed E-state index contributed by atoms with van der Waals surface area (Å²) in [5, 5.41) is 0. The Morgan fingerprint density at radius 1 is 1.25 bits per heavy atom. The highest BCUT2D eigenvalue weighted by Crippen LogP contribution is 2.31. The van der Waals surface area contributed by atoms with Gasteiger partial charge < -0.3 is 16.2 Å². The van der Waals surface area contributed by atoms with Crippen molar-refractivity contribution in [1.82, 2.24) is 0 Å². The number of rotatable bonds is 5. The van der Waals surface area contributed by atoms with Crippen LogP contribution in [0.15, 0.2) is 24.3 Å². The second kappa shape index (κ2) is 5.87. The first-order valence-corrected chi connectivity index (χ1v) is 5.70. The predicted molar refractivity (Wildman–Crippen MR) is 67.3 cm³/mol. The number of ether oxygens (including phenoxy) is 1. The summed E-state index contributed by atoms with van der Waals surface area (Å²) in [6.45, 7) is 4.89. The van der Waals surface area contributed by atoms with Crippen LogP contribution in [0.1, 0.15) is 25.5 Å². The third kappa shape index (κ3) is 2.74. The van der Waals surface area contributed by atoms with Crippen molar-refractivity contribution in [2.45, 2.75) is 19.9 Å². The van der Waals surface area contributed by atoms with Gasteiger partial charge in [0, 0.05) is 11.6 Å². The van der Waals surface area contributed by atoms with Crippen LogP contribution in [-0.4, -0.2) is 13.7 Å². The molecule has 0 aliphatic heterocycles. The zero-order chi connectivity index (χ0) is 12.1. The number of para-hydroxylation sites is 1. The summed E-state index contributed by atoms with van der Waals surface area (Å²) in [6.07, 6.45) is 0. The summed E-state index contributed by atoms with van der Waals surface area (Å²) in [7, 11) is 1.67. The fourth-order valence-electron chi connectivity index (χ4n) is 2.01. The van der Waals surface area contributed by atoms with E-state index in [1.807, 2.05) is 24.3 Å². The average Bonchev–Trinajstić information content (AvgIpc) is 2.29. The number of hydrogen-bond donors (Lipinski definition) is 2. The van der Waals surface area contributed by atoms with Gasteiger partial charge in [-0.05, 0) is 24.4 Å². The molecule has 3 nitrogen and oxygen atoms in total. The lowest BCUT2D eigenvalue weighted by Gasteiger charge is -2.27. The van der Waals surface area contributed by atoms with Gasteiger partial charge in [-0.15, -0.1) is 0 Å². The number of benzene rings is 1. The molecule has 0 radical (unpaired) electrons. The standard InChI is InChI=1S/C13H22N2O/c1-9(2)11(8-14)13(15)10-6-4-5-7-12(10)16-3/h4-7,9,11,13H,8,14-15H2,1-3H3. The average molecular weight is 222 g/mol. The third-order valence-electron chi connectivity index (χ3n) is 3.09. The highest BCUT2D eigenvalue weighted by atomic mass is 16.5. The molecule has 0 aliphatic carbocycles. The summed E-state index contributed by atoms with van der Waals surface area (Å²) < 4.78 is 5.32. The Bertz CT molecular complexity index is 325. The van der Waals surface area contributed by atoms with E-state index in [1.165, 1.54) is 0 Å². The van der Waals surface area contributed by atoms with Crippen LogP contribution in [-0.2, 0) is 0 Å². The predicted octanol–water partition coefficient (Wildman–Crippen LogP) is 1.93. The Labute approximate surface area is 97.8 Å². The van der Waals surface area contributed by atoms with Gasteiger partial charge in [-0.1, -0.05) is 32.0 Å². The molecule has 0 amide bonds. The zero-order valence-electron chi connectivity index (χ0n) is 10.3. The van der Waals surface area contributed by atoms with Crippen molar-refractivity contribution in [2.75, 3.05) is 13.7 Å². The molecule has 0 heterocycles. The molecule has 3 heteroatoms. The normalized spacial score (nSPS) is 14.9. The number of hydrogen-bond acceptors (Lipinski definition) is 3. The van der Waals surface area contributed by atoms with Gasteiger partial charge in [0.05, 0.1) is 7.11 Å². The van der Waals surface area contributed by atoms with Gasteiger partial charge in [-0.2, -0.15) is 0 Å². The lowest BCUT2D eigenvalue weighted by molar-refractivity contribution is 0.320. The Morgan fingerprint density at radius 2 is 1.88 bits per heavy atom. The van der Waals surface area contributed by atoms with E-state index < -0.39 is 0 Å². The van der Waals surface area contributed by atoms with E-state index in [1.54, 1.807) is 7.11 Å². The fraction of sp³-hybridized carbons (Fsp3) is 0.538. The van der Waals surface area contributed by atoms with Gasteiger partial charge in [0.2, 0.25) is 0 Å². The van der Waals surface area contributed by atoms with Gasteiger partial charge in [-0.25, -0.2) is 0 Å². The Hall–Kier alpha value is -1.06. The van der Waals surface area contributed by atoms with Gasteiger partial charge in [0.25, 0.3) is 0 Å². The molecular formula is C13H22N2O. The summed E-state index contributed by atoms with van der Waals surface area (Å²) in [5.74, 6) is 1.58. The summed E-state index contributed by atoms with van der Waals surface area (Å²) in [5.41, 5.74) is 13.1. The van der Waals surface area contributed by atoms with Gasteiger partial charge in [0.1, 0.15) is 5.75 Å². The van der Waals surface area contributed by atoms with Crippen LogP contribution in [0.2, 0.25) is 0 Å². The molecule has 90 valence electrons. The summed E-state index contributed by atoms with van der Waals surface area (Å²) >= 11 is 0. The van der Waals surface area contributed by atoms with E-state index >= 15 is 0 Å². The van der Waals surface area contributed by atoms with Crippen molar-refractivity contribution in [3.05, 3.63) is 29.8 Å². The van der Waals surface area contributed by atoms with Crippen molar-refractivity contribution in [3.63, 3.8) is 0 Å². The minimum absolute atomic E-state index is 0.0684. The molecule has 2 atom stereocenters. The van der Waals surface area contributed by atoms with Crippen LogP contribution in [0.4, 0.5) is 0 Å². The first-order chi connectivity index (χ1) is 7.61. The highest BCUT2D eigenvalue weighted by Gasteiger charge is 2.23. The van der Waals surface area contributed by atoms with E-state index in [0.29, 0.717) is 12.5 Å². The smallest absolute Gasteiger partial charge is 0.123 e. The van der Waals surface area contributed by atoms with Gasteiger partial charge >= 0.3 is 0 Å². The fourth-order valence-corrected chi connectivity index (χ4v) is 2.01. The highest BCUT2D eigenvalue weighted by molar-refractivity contribution is 5.36. The molecule has 16 heavy (non-hydrogen) atoms. The lowest BCUT2D eigenvalue weighted by atomic mass is 9.85. The van der Waals surface area contributed by atoms with E-state index in [4.69, 9.17) is 16.2 Å². The largest absolute Gasteiger partial charge is 0.496 e. The SMILES string of the molecule is COc1ccccc1C(N)C(CN)C(C)C. The molecule has 0 aliphatic rings. The quantitative estimate of drug-likeness (QED) is 0.800. The van der Waals surface area contributed by atoms with E-state index in [0.717, 1.165) is 11.3 Å². The topological polar surface area (TPSA) is 61.3 Å². The van der Waals surface area contributed by atoms with Crippen LogP contribution in [0.3, 0.4) is 0 Å². The molecule has 0 bridgehead atoms. The van der Waals surface area contributed by atoms with Crippen molar-refractivity contribution in [1.29, 1.82) is 0 Å². The van der Waals surface area contributed by atoms with Crippen LogP contribution in [0.5, 0.6) is 5.75 Å². The molecule has 0 saturated carbocycles. The van der Waals surface area contributed by atoms with Crippen molar-refractivity contribution >= 4 is 0 Å². The molecule has 0 spiro atoms. The summed E-state index contributed by atoms with van der Waals surface area (Å²) in [4.78, 5) is 0. The monoisotopic (exact) mass is 222 g/mol. The maximum atomic E-state index is 6.27. The second-order valence-corrected chi connectivity index (χ2v) is 4.41. The lowest BCUT2D eigenvalue weighted by Crippen LogP contribution is -2.32. The minimum atomic E-state index is -0.0684. The Kier molecular flexibility index (Phi) is 4.77. The molecule has 1 rings (SSSR count). The molecule has 0 saturated heterocycles. The molecule has 0 fully saturated rings. The van der Waals surface area contributed by atoms with Crippen LogP contribution in [0.25, 0.3) is 0 Å². The minimum Gasteiger partial charge on any atom is -0.496 e. The van der Waals surface area contributed by atoms with Gasteiger partial charge in [-0.3, -0.25) is 0 Å². The third-order valence-corrected chi connectivity index (χ3v) is 3.09. The molecule has 1 aromatic rings. The molecule has 0 aromatic heterocycles. The molecule has 2 unspecified atom stereocenters.